The summed E-state index contributed by atoms with van der Waals surface area (Å²) < 4.78 is 40.8. The standard InChI is InChI=1S/C18H14F3N.C6H11NO2/c19-12-6-4-11(5-7-12)17-16(10-2-1-3-10)14-8-13(20)9-15(21)18(14)22-17;8-5-7-3-1-2-6(9)4-7/h4-10,22H,1-3H2;5-6,9H,1-4H2. The number of nitrogens with zero attached hydrogens (tertiary/aromatic N) is 1. The maximum Gasteiger partial charge on any atom is 0.209 e. The highest BCUT2D eigenvalue weighted by Crippen LogP contribution is 2.45. The molecule has 0 bridgehead atoms. The minimum absolute atomic E-state index is 0.288. The lowest BCUT2D eigenvalue weighted by molar-refractivity contribution is -0.120. The zero-order valence-electron chi connectivity index (χ0n) is 17.1. The van der Waals surface area contributed by atoms with E-state index >= 15 is 0 Å². The number of amides is 1. The highest BCUT2D eigenvalue weighted by atomic mass is 19.1. The van der Waals surface area contributed by atoms with Gasteiger partial charge in [-0.25, -0.2) is 13.2 Å². The van der Waals surface area contributed by atoms with E-state index in [1.165, 1.54) is 18.2 Å². The first-order chi connectivity index (χ1) is 15.0. The Morgan fingerprint density at radius 2 is 1.74 bits per heavy atom. The van der Waals surface area contributed by atoms with Gasteiger partial charge in [-0.3, -0.25) is 4.79 Å². The molecule has 4 nitrogen and oxygen atoms in total. The smallest absolute Gasteiger partial charge is 0.209 e. The Bertz CT molecular complexity index is 1060. The fraction of sp³-hybridized carbons (Fsp3) is 0.375. The van der Waals surface area contributed by atoms with Gasteiger partial charge >= 0.3 is 0 Å². The van der Waals surface area contributed by atoms with E-state index in [0.29, 0.717) is 23.4 Å². The van der Waals surface area contributed by atoms with Crippen LogP contribution in [-0.4, -0.2) is 40.6 Å². The number of hydrogen-bond acceptors (Lipinski definition) is 2. The molecule has 1 saturated carbocycles. The maximum absolute atomic E-state index is 14.1. The molecule has 1 atom stereocenters. The number of aromatic nitrogens is 1. The number of nitrogens with one attached hydrogen (secondary N) is 1. The molecule has 1 aliphatic carbocycles. The predicted octanol–water partition coefficient (Wildman–Crippen LogP) is 5.12. The molecular weight excluding hydrogens is 405 g/mol. The normalized spacial score (nSPS) is 19.0. The Kier molecular flexibility index (Phi) is 6.32. The summed E-state index contributed by atoms with van der Waals surface area (Å²) in [4.78, 5) is 14.8. The molecule has 1 aromatic heterocycles. The van der Waals surface area contributed by atoms with Crippen molar-refractivity contribution in [2.75, 3.05) is 13.1 Å². The number of aromatic amines is 1. The van der Waals surface area contributed by atoms with Crippen molar-refractivity contribution in [1.82, 2.24) is 9.88 Å². The number of aliphatic hydroxyl groups excluding tert-OH is 1. The summed E-state index contributed by atoms with van der Waals surface area (Å²) >= 11 is 0. The Morgan fingerprint density at radius 1 is 1.00 bits per heavy atom. The van der Waals surface area contributed by atoms with E-state index in [2.05, 4.69) is 4.98 Å². The van der Waals surface area contributed by atoms with Crippen molar-refractivity contribution in [3.05, 3.63) is 59.4 Å². The minimum atomic E-state index is -0.594. The zero-order valence-corrected chi connectivity index (χ0v) is 17.1. The molecule has 2 aliphatic rings. The third-order valence-electron chi connectivity index (χ3n) is 6.09. The van der Waals surface area contributed by atoms with Gasteiger partial charge in [0.2, 0.25) is 6.41 Å². The highest BCUT2D eigenvalue weighted by Gasteiger charge is 2.27. The Hall–Kier alpha value is -2.80. The summed E-state index contributed by atoms with van der Waals surface area (Å²) in [7, 11) is 0. The fourth-order valence-electron chi connectivity index (χ4n) is 4.28. The van der Waals surface area contributed by atoms with Crippen molar-refractivity contribution in [3.63, 3.8) is 0 Å². The van der Waals surface area contributed by atoms with Crippen molar-refractivity contribution in [2.45, 2.75) is 44.1 Å². The molecule has 2 heterocycles. The SMILES string of the molecule is Fc1ccc(-c2[nH]c3c(F)cc(F)cc3c2C2CCC2)cc1.O=CN1CCCC(O)C1. The number of likely N-dealkylation sites (tertiary alicyclic amines) is 1. The molecule has 7 heteroatoms. The first kappa shape index (κ1) is 21.4. The molecule has 0 radical (unpaired) electrons. The van der Waals surface area contributed by atoms with Crippen LogP contribution in [0.1, 0.15) is 43.6 Å². The monoisotopic (exact) mass is 430 g/mol. The lowest BCUT2D eigenvalue weighted by atomic mass is 9.78. The second-order valence-electron chi connectivity index (χ2n) is 8.25. The molecule has 5 rings (SSSR count). The summed E-state index contributed by atoms with van der Waals surface area (Å²) in [5.41, 5.74) is 2.83. The second kappa shape index (κ2) is 9.14. The maximum atomic E-state index is 14.1. The Balaban J connectivity index is 0.000000217. The molecular formula is C24H25F3N2O2. The molecule has 31 heavy (non-hydrogen) atoms. The molecule has 1 saturated heterocycles. The van der Waals surface area contributed by atoms with E-state index < -0.39 is 11.6 Å². The number of piperidine rings is 1. The lowest BCUT2D eigenvalue weighted by Gasteiger charge is -2.26. The number of fused-ring (bicyclic) bond motifs is 1. The summed E-state index contributed by atoms with van der Waals surface area (Å²) in [6, 6.07) is 8.35. The second-order valence-corrected chi connectivity index (χ2v) is 8.25. The average molecular weight is 430 g/mol. The predicted molar refractivity (Wildman–Crippen MR) is 113 cm³/mol. The third kappa shape index (κ3) is 4.61. The van der Waals surface area contributed by atoms with Crippen LogP contribution in [0.25, 0.3) is 22.2 Å². The molecule has 1 amide bonds. The topological polar surface area (TPSA) is 56.3 Å². The van der Waals surface area contributed by atoms with Gasteiger partial charge in [-0.15, -0.1) is 0 Å². The minimum Gasteiger partial charge on any atom is -0.391 e. The Morgan fingerprint density at radius 3 is 2.32 bits per heavy atom. The number of aliphatic hydroxyl groups is 1. The van der Waals surface area contributed by atoms with E-state index in [9.17, 15) is 18.0 Å². The fourth-order valence-corrected chi connectivity index (χ4v) is 4.28. The summed E-state index contributed by atoms with van der Waals surface area (Å²) in [6.45, 7) is 1.32. The summed E-state index contributed by atoms with van der Waals surface area (Å²) in [5.74, 6) is -1.18. The molecule has 1 aliphatic heterocycles. The van der Waals surface area contributed by atoms with Gasteiger partial charge in [0, 0.05) is 24.5 Å². The molecule has 2 aromatic carbocycles. The first-order valence-corrected chi connectivity index (χ1v) is 10.6. The molecule has 1 unspecified atom stereocenters. The van der Waals surface area contributed by atoms with Crippen molar-refractivity contribution < 1.29 is 23.1 Å². The van der Waals surface area contributed by atoms with Crippen LogP contribution < -0.4 is 0 Å². The van der Waals surface area contributed by atoms with Crippen LogP contribution in [0.3, 0.4) is 0 Å². The van der Waals surface area contributed by atoms with Gasteiger partial charge in [-0.2, -0.15) is 0 Å². The van der Waals surface area contributed by atoms with Crippen molar-refractivity contribution >= 4 is 17.3 Å². The largest absolute Gasteiger partial charge is 0.391 e. The van der Waals surface area contributed by atoms with Gasteiger partial charge in [-0.1, -0.05) is 6.42 Å². The van der Waals surface area contributed by atoms with Crippen LogP contribution in [0, 0.1) is 17.5 Å². The number of rotatable bonds is 3. The van der Waals surface area contributed by atoms with Gasteiger partial charge < -0.3 is 15.0 Å². The number of benzene rings is 2. The van der Waals surface area contributed by atoms with E-state index in [0.717, 1.165) is 67.9 Å². The number of H-pyrrole nitrogens is 1. The van der Waals surface area contributed by atoms with Crippen LogP contribution in [0.5, 0.6) is 0 Å². The number of carbonyl (C=O) groups excluding carboxylic acids is 1. The quantitative estimate of drug-likeness (QED) is 0.567. The zero-order chi connectivity index (χ0) is 22.0. The third-order valence-corrected chi connectivity index (χ3v) is 6.09. The first-order valence-electron chi connectivity index (χ1n) is 10.6. The summed E-state index contributed by atoms with van der Waals surface area (Å²) in [6.07, 6.45) is 5.42. The number of β-amino-alcohol motifs (C(OH)–C–C–N with tert-alkyl or cyclic N) is 1. The van der Waals surface area contributed by atoms with Crippen molar-refractivity contribution in [3.8, 4) is 11.3 Å². The average Bonchev–Trinajstić information content (AvgIpc) is 3.07. The van der Waals surface area contributed by atoms with Crippen LogP contribution in [0.15, 0.2) is 36.4 Å². The van der Waals surface area contributed by atoms with E-state index in [-0.39, 0.29) is 11.9 Å². The number of hydrogen-bond donors (Lipinski definition) is 2. The lowest BCUT2D eigenvalue weighted by Crippen LogP contribution is -2.36. The van der Waals surface area contributed by atoms with Gasteiger partial charge in [-0.05, 0) is 73.1 Å². The van der Waals surface area contributed by atoms with Gasteiger partial charge in [0.25, 0.3) is 0 Å². The van der Waals surface area contributed by atoms with Crippen molar-refractivity contribution in [2.24, 2.45) is 0 Å². The number of halogens is 3. The summed E-state index contributed by atoms with van der Waals surface area (Å²) in [5, 5.41) is 9.61. The molecule has 2 fully saturated rings. The molecule has 0 spiro atoms. The van der Waals surface area contributed by atoms with Crippen molar-refractivity contribution in [1.29, 1.82) is 0 Å². The highest BCUT2D eigenvalue weighted by molar-refractivity contribution is 5.92. The van der Waals surface area contributed by atoms with Gasteiger partial charge in [0.05, 0.1) is 17.3 Å². The van der Waals surface area contributed by atoms with Crippen LogP contribution >= 0.6 is 0 Å². The molecule has 2 N–H and O–H groups in total. The van der Waals surface area contributed by atoms with Crippen LogP contribution in [0.4, 0.5) is 13.2 Å². The number of carbonyl (C=O) groups is 1. The van der Waals surface area contributed by atoms with Gasteiger partial charge in [0.1, 0.15) is 17.5 Å². The molecule has 164 valence electrons. The van der Waals surface area contributed by atoms with Gasteiger partial charge in [0.15, 0.2) is 0 Å². The van der Waals surface area contributed by atoms with Crippen LogP contribution in [0.2, 0.25) is 0 Å². The van der Waals surface area contributed by atoms with E-state index in [1.807, 2.05) is 0 Å². The Labute approximate surface area is 178 Å². The molecule has 3 aromatic rings. The van der Waals surface area contributed by atoms with E-state index in [4.69, 9.17) is 5.11 Å². The van der Waals surface area contributed by atoms with E-state index in [1.54, 1.807) is 17.0 Å². The van der Waals surface area contributed by atoms with Crippen LogP contribution in [-0.2, 0) is 4.79 Å².